The summed E-state index contributed by atoms with van der Waals surface area (Å²) < 4.78 is 12.9. The van der Waals surface area contributed by atoms with Crippen LogP contribution in [0.5, 0.6) is 0 Å². The van der Waals surface area contributed by atoms with Crippen molar-refractivity contribution in [3.8, 4) is 0 Å². The number of carboxylic acid groups (broad SMARTS) is 1. The predicted molar refractivity (Wildman–Crippen MR) is 87.3 cm³/mol. The third kappa shape index (κ3) is 3.97. The predicted octanol–water partition coefficient (Wildman–Crippen LogP) is 2.40. The molecule has 0 radical (unpaired) electrons. The lowest BCUT2D eigenvalue weighted by molar-refractivity contribution is -0.143. The molecule has 0 bridgehead atoms. The summed E-state index contributed by atoms with van der Waals surface area (Å²) in [5, 5.41) is 14.4. The minimum atomic E-state index is -0.849. The molecule has 1 aliphatic carbocycles. The van der Waals surface area contributed by atoms with Crippen LogP contribution in [0.2, 0.25) is 0 Å². The quantitative estimate of drug-likeness (QED) is 0.805. The summed E-state index contributed by atoms with van der Waals surface area (Å²) >= 11 is 1.45. The van der Waals surface area contributed by atoms with Crippen molar-refractivity contribution in [3.63, 3.8) is 0 Å². The number of hydrogen-bond acceptors (Lipinski definition) is 4. The molecule has 1 aromatic heterocycles. The summed E-state index contributed by atoms with van der Waals surface area (Å²) in [6, 6.07) is 6.25. The van der Waals surface area contributed by atoms with E-state index < -0.39 is 11.4 Å². The number of aliphatic carboxylic acids is 1. The molecule has 3 rings (SSSR count). The molecule has 1 amide bonds. The normalized spacial score (nSPS) is 15.0. The molecule has 126 valence electrons. The topological polar surface area (TPSA) is 79.3 Å². The Bertz CT molecular complexity index is 753. The van der Waals surface area contributed by atoms with Gasteiger partial charge in [0.15, 0.2) is 0 Å². The molecule has 0 spiro atoms. The van der Waals surface area contributed by atoms with E-state index in [0.29, 0.717) is 25.0 Å². The number of rotatable bonds is 7. The maximum absolute atomic E-state index is 12.9. The van der Waals surface area contributed by atoms with Crippen molar-refractivity contribution in [2.75, 3.05) is 6.54 Å². The van der Waals surface area contributed by atoms with Crippen molar-refractivity contribution in [1.82, 2.24) is 10.3 Å². The van der Waals surface area contributed by atoms with E-state index in [0.717, 1.165) is 10.6 Å². The molecule has 5 nitrogen and oxygen atoms in total. The molecule has 1 aliphatic rings. The van der Waals surface area contributed by atoms with Crippen LogP contribution in [0.1, 0.15) is 29.1 Å². The van der Waals surface area contributed by atoms with Gasteiger partial charge in [0.2, 0.25) is 5.91 Å². The summed E-state index contributed by atoms with van der Waals surface area (Å²) in [7, 11) is 0. The number of nitrogens with one attached hydrogen (secondary N) is 1. The van der Waals surface area contributed by atoms with E-state index >= 15 is 0 Å². The summed E-state index contributed by atoms with van der Waals surface area (Å²) in [6.45, 7) is 0.174. The fourth-order valence-electron chi connectivity index (χ4n) is 2.40. The van der Waals surface area contributed by atoms with E-state index in [1.807, 2.05) is 5.38 Å². The molecule has 2 aromatic rings. The van der Waals surface area contributed by atoms with Crippen LogP contribution in [0.25, 0.3) is 0 Å². The Hall–Kier alpha value is -2.28. The first kappa shape index (κ1) is 16.6. The second-order valence-electron chi connectivity index (χ2n) is 6.07. The number of nitrogens with zero attached hydrogens (tertiary/aromatic N) is 1. The average molecular weight is 348 g/mol. The highest BCUT2D eigenvalue weighted by Gasteiger charge is 2.50. The van der Waals surface area contributed by atoms with Crippen LogP contribution in [0.3, 0.4) is 0 Å². The van der Waals surface area contributed by atoms with Gasteiger partial charge in [0.1, 0.15) is 5.82 Å². The fourth-order valence-corrected chi connectivity index (χ4v) is 3.23. The number of hydrogen-bond donors (Lipinski definition) is 2. The summed E-state index contributed by atoms with van der Waals surface area (Å²) in [4.78, 5) is 27.4. The van der Waals surface area contributed by atoms with Gasteiger partial charge in [0.25, 0.3) is 0 Å². The van der Waals surface area contributed by atoms with Crippen molar-refractivity contribution < 1.29 is 19.1 Å². The molecule has 1 heterocycles. The highest BCUT2D eigenvalue weighted by molar-refractivity contribution is 7.09. The largest absolute Gasteiger partial charge is 0.481 e. The SMILES string of the molecule is O=C(Cc1csc(Cc2ccc(F)cc2)n1)NCC1(C(=O)O)CC1. The molecular formula is C17H17FN2O3S. The number of carbonyl (C=O) groups is 2. The van der Waals surface area contributed by atoms with E-state index in [1.54, 1.807) is 12.1 Å². The minimum Gasteiger partial charge on any atom is -0.481 e. The highest BCUT2D eigenvalue weighted by atomic mass is 32.1. The Morgan fingerprint density at radius 2 is 2.00 bits per heavy atom. The second kappa shape index (κ2) is 6.68. The number of halogens is 1. The third-order valence-corrected chi connectivity index (χ3v) is 5.04. The maximum atomic E-state index is 12.9. The molecule has 1 saturated carbocycles. The third-order valence-electron chi connectivity index (χ3n) is 4.14. The molecule has 0 atom stereocenters. The van der Waals surface area contributed by atoms with Crippen molar-refractivity contribution in [2.45, 2.75) is 25.7 Å². The van der Waals surface area contributed by atoms with Gasteiger partial charge < -0.3 is 10.4 Å². The minimum absolute atomic E-state index is 0.135. The van der Waals surface area contributed by atoms with Crippen LogP contribution in [-0.2, 0) is 22.4 Å². The number of amides is 1. The van der Waals surface area contributed by atoms with Crippen LogP contribution >= 0.6 is 11.3 Å². The smallest absolute Gasteiger partial charge is 0.311 e. The van der Waals surface area contributed by atoms with E-state index in [4.69, 9.17) is 5.11 Å². The molecule has 7 heteroatoms. The van der Waals surface area contributed by atoms with Crippen LogP contribution in [0.15, 0.2) is 29.6 Å². The first-order valence-electron chi connectivity index (χ1n) is 7.65. The molecule has 1 fully saturated rings. The monoisotopic (exact) mass is 348 g/mol. The average Bonchev–Trinajstić information content (AvgIpc) is 3.23. The van der Waals surface area contributed by atoms with Gasteiger partial charge in [-0.15, -0.1) is 11.3 Å². The Labute approximate surface area is 142 Å². The maximum Gasteiger partial charge on any atom is 0.311 e. The summed E-state index contributed by atoms with van der Waals surface area (Å²) in [6.07, 6.45) is 1.95. The summed E-state index contributed by atoms with van der Waals surface area (Å²) in [5.41, 5.74) is 0.861. The van der Waals surface area contributed by atoms with Crippen LogP contribution in [-0.4, -0.2) is 28.5 Å². The van der Waals surface area contributed by atoms with Crippen LogP contribution in [0, 0.1) is 11.2 Å². The van der Waals surface area contributed by atoms with Gasteiger partial charge in [-0.25, -0.2) is 9.37 Å². The van der Waals surface area contributed by atoms with Crippen LogP contribution < -0.4 is 5.32 Å². The lowest BCUT2D eigenvalue weighted by Crippen LogP contribution is -2.35. The first-order chi connectivity index (χ1) is 11.5. The Morgan fingerprint density at radius 3 is 2.62 bits per heavy atom. The fraction of sp³-hybridized carbons (Fsp3) is 0.353. The van der Waals surface area contributed by atoms with Gasteiger partial charge in [0, 0.05) is 18.3 Å². The van der Waals surface area contributed by atoms with Gasteiger partial charge in [-0.3, -0.25) is 9.59 Å². The molecule has 2 N–H and O–H groups in total. The lowest BCUT2D eigenvalue weighted by atomic mass is 10.1. The van der Waals surface area contributed by atoms with E-state index in [1.165, 1.54) is 23.5 Å². The molecular weight excluding hydrogens is 331 g/mol. The van der Waals surface area contributed by atoms with E-state index in [2.05, 4.69) is 10.3 Å². The molecule has 0 aliphatic heterocycles. The standard InChI is InChI=1S/C17H17FN2O3S/c18-12-3-1-11(2-4-12)7-15-20-13(9-24-15)8-14(21)19-10-17(5-6-17)16(22)23/h1-4,9H,5-8,10H2,(H,19,21)(H,22,23). The number of thiazole rings is 1. The molecule has 24 heavy (non-hydrogen) atoms. The van der Waals surface area contributed by atoms with Gasteiger partial charge >= 0.3 is 5.97 Å². The zero-order chi connectivity index (χ0) is 17.2. The van der Waals surface area contributed by atoms with E-state index in [9.17, 15) is 14.0 Å². The summed E-state index contributed by atoms with van der Waals surface area (Å²) in [5.74, 6) is -1.34. The number of aromatic nitrogens is 1. The highest BCUT2D eigenvalue weighted by Crippen LogP contribution is 2.45. The van der Waals surface area contributed by atoms with Gasteiger partial charge in [0.05, 0.1) is 22.5 Å². The zero-order valence-electron chi connectivity index (χ0n) is 12.9. The van der Waals surface area contributed by atoms with Crippen molar-refractivity contribution in [3.05, 3.63) is 51.7 Å². The Morgan fingerprint density at radius 1 is 1.29 bits per heavy atom. The van der Waals surface area contributed by atoms with Gasteiger partial charge in [-0.1, -0.05) is 12.1 Å². The number of carboxylic acids is 1. The Kier molecular flexibility index (Phi) is 4.62. The number of benzene rings is 1. The van der Waals surface area contributed by atoms with Gasteiger partial charge in [-0.05, 0) is 30.5 Å². The molecule has 1 aromatic carbocycles. The molecule has 0 saturated heterocycles. The van der Waals surface area contributed by atoms with Crippen molar-refractivity contribution >= 4 is 23.2 Å². The Balaban J connectivity index is 1.51. The number of carbonyl (C=O) groups excluding carboxylic acids is 1. The lowest BCUT2D eigenvalue weighted by Gasteiger charge is -2.10. The van der Waals surface area contributed by atoms with Crippen molar-refractivity contribution in [2.24, 2.45) is 5.41 Å². The first-order valence-corrected chi connectivity index (χ1v) is 8.53. The van der Waals surface area contributed by atoms with Crippen LogP contribution in [0.4, 0.5) is 4.39 Å². The van der Waals surface area contributed by atoms with E-state index in [-0.39, 0.29) is 24.7 Å². The van der Waals surface area contributed by atoms with Crippen molar-refractivity contribution in [1.29, 1.82) is 0 Å². The second-order valence-corrected chi connectivity index (χ2v) is 7.02. The van der Waals surface area contributed by atoms with Gasteiger partial charge in [-0.2, -0.15) is 0 Å². The molecule has 0 unspecified atom stereocenters. The zero-order valence-corrected chi connectivity index (χ0v) is 13.7.